The number of esters is 1. The second kappa shape index (κ2) is 19.7. The van der Waals surface area contributed by atoms with Crippen LogP contribution in [-0.4, -0.2) is 74.9 Å². The summed E-state index contributed by atoms with van der Waals surface area (Å²) in [4.78, 5) is 57.8. The Labute approximate surface area is 277 Å². The lowest BCUT2D eigenvalue weighted by atomic mass is 9.80. The van der Waals surface area contributed by atoms with E-state index in [1.54, 1.807) is 37.4 Å². The molecule has 3 amide bonds. The van der Waals surface area contributed by atoms with Gasteiger partial charge in [-0.25, -0.2) is 9.78 Å². The Morgan fingerprint density at radius 2 is 1.66 bits per heavy atom. The molecule has 1 aliphatic rings. The molecule has 1 heterocycles. The van der Waals surface area contributed by atoms with Gasteiger partial charge in [-0.1, -0.05) is 83.2 Å². The third-order valence-corrected chi connectivity index (χ3v) is 9.14. The Morgan fingerprint density at radius 1 is 0.979 bits per heavy atom. The molecule has 6 N–H and O–H groups in total. The second-order valence-electron chi connectivity index (χ2n) is 13.1. The number of ether oxygens (including phenoxy) is 1. The number of nitrogens with one attached hydrogen (secondary N) is 4. The van der Waals surface area contributed by atoms with Gasteiger partial charge in [-0.15, -0.1) is 0 Å². The van der Waals surface area contributed by atoms with Crippen LogP contribution < -0.4 is 16.0 Å². The molecule has 1 aromatic carbocycles. The minimum atomic E-state index is -1.35. The van der Waals surface area contributed by atoms with Gasteiger partial charge in [-0.2, -0.15) is 0 Å². The van der Waals surface area contributed by atoms with Crippen LogP contribution in [0.25, 0.3) is 0 Å². The van der Waals surface area contributed by atoms with Crippen LogP contribution in [0.5, 0.6) is 0 Å². The maximum absolute atomic E-state index is 14.0. The number of aromatic nitrogens is 2. The molecule has 1 fully saturated rings. The average Bonchev–Trinajstić information content (AvgIpc) is 3.57. The van der Waals surface area contributed by atoms with Crippen molar-refractivity contribution in [2.75, 3.05) is 6.61 Å². The van der Waals surface area contributed by atoms with Crippen molar-refractivity contribution >= 4 is 23.9 Å². The lowest BCUT2D eigenvalue weighted by Crippen LogP contribution is -2.57. The Kier molecular flexibility index (Phi) is 15.7. The number of carbonyl (C=O) groups is 4. The third kappa shape index (κ3) is 13.4. The number of carboxylic acid groups (broad SMARTS) is 1. The molecular formula is C35H53N5O7. The monoisotopic (exact) mass is 655 g/mol. The quantitative estimate of drug-likeness (QED) is 0.122. The average molecular weight is 656 g/mol. The number of benzene rings is 1. The van der Waals surface area contributed by atoms with Crippen LogP contribution in [0, 0.1) is 17.8 Å². The van der Waals surface area contributed by atoms with E-state index in [1.165, 1.54) is 12.7 Å². The standard InChI is InChI=1S/C35H53N5O7/c1-4-32(42)47-16-15-26(23(2)3)19-31(41)28(17-24-11-7-5-8-12-24)38-34(44)30(20-27-21-36-22-37-27)39-33(43)29(40-35(45)46)18-25-13-9-6-10-14-25/h6,9-10,13-14,21-24,26,28-31,40-41H,4-5,7-8,11-12,15-20H2,1-3H3,(H,36,37)(H,38,44)(H,39,43)(H,45,46)/t26-,28-,29-,30-,31+/m0/s1. The van der Waals surface area contributed by atoms with Crippen LogP contribution in [-0.2, 0) is 32.0 Å². The van der Waals surface area contributed by atoms with Gasteiger partial charge in [-0.05, 0) is 42.6 Å². The van der Waals surface area contributed by atoms with Gasteiger partial charge in [0.1, 0.15) is 12.1 Å². The van der Waals surface area contributed by atoms with Crippen molar-refractivity contribution in [3.8, 4) is 0 Å². The van der Waals surface area contributed by atoms with Crippen LogP contribution >= 0.6 is 0 Å². The molecule has 0 spiro atoms. The van der Waals surface area contributed by atoms with Gasteiger partial charge >= 0.3 is 12.1 Å². The fourth-order valence-corrected chi connectivity index (χ4v) is 6.31. The summed E-state index contributed by atoms with van der Waals surface area (Å²) in [5.41, 5.74) is 1.37. The van der Waals surface area contributed by atoms with Crippen LogP contribution in [0.4, 0.5) is 4.79 Å². The molecule has 0 unspecified atom stereocenters. The molecule has 0 aliphatic heterocycles. The smallest absolute Gasteiger partial charge is 0.405 e. The minimum absolute atomic E-state index is 0.0572. The fourth-order valence-electron chi connectivity index (χ4n) is 6.31. The van der Waals surface area contributed by atoms with Gasteiger partial charge in [0.25, 0.3) is 0 Å². The van der Waals surface area contributed by atoms with Gasteiger partial charge in [0, 0.05) is 31.2 Å². The van der Waals surface area contributed by atoms with E-state index in [0.717, 1.165) is 31.2 Å². The number of aliphatic hydroxyl groups excluding tert-OH is 1. The molecule has 1 saturated carbocycles. The topological polar surface area (TPSA) is 183 Å². The summed E-state index contributed by atoms with van der Waals surface area (Å²) in [6.07, 6.45) is 8.39. The second-order valence-corrected chi connectivity index (χ2v) is 13.1. The zero-order chi connectivity index (χ0) is 34.2. The first-order valence-corrected chi connectivity index (χ1v) is 17.0. The number of hydrogen-bond acceptors (Lipinski definition) is 7. The van der Waals surface area contributed by atoms with E-state index in [-0.39, 0.29) is 37.3 Å². The van der Waals surface area contributed by atoms with Crippen LogP contribution in [0.3, 0.4) is 0 Å². The van der Waals surface area contributed by atoms with Crippen molar-refractivity contribution in [3.63, 3.8) is 0 Å². The largest absolute Gasteiger partial charge is 0.466 e. The van der Waals surface area contributed by atoms with E-state index in [9.17, 15) is 29.4 Å². The van der Waals surface area contributed by atoms with Crippen molar-refractivity contribution in [3.05, 3.63) is 54.1 Å². The highest BCUT2D eigenvalue weighted by Crippen LogP contribution is 2.30. The molecule has 12 nitrogen and oxygen atoms in total. The van der Waals surface area contributed by atoms with Crippen LogP contribution in [0.2, 0.25) is 0 Å². The van der Waals surface area contributed by atoms with Crippen molar-refractivity contribution in [2.45, 2.75) is 116 Å². The predicted molar refractivity (Wildman–Crippen MR) is 177 cm³/mol. The minimum Gasteiger partial charge on any atom is -0.466 e. The molecule has 0 saturated heterocycles. The maximum atomic E-state index is 14.0. The zero-order valence-corrected chi connectivity index (χ0v) is 28.0. The number of H-pyrrole nitrogens is 1. The van der Waals surface area contributed by atoms with E-state index in [4.69, 9.17) is 4.74 Å². The number of carbonyl (C=O) groups excluding carboxylic acids is 3. The van der Waals surface area contributed by atoms with E-state index >= 15 is 0 Å². The van der Waals surface area contributed by atoms with E-state index in [1.807, 2.05) is 6.07 Å². The number of imidazole rings is 1. The molecule has 3 rings (SSSR count). The highest BCUT2D eigenvalue weighted by atomic mass is 16.5. The zero-order valence-electron chi connectivity index (χ0n) is 28.0. The summed E-state index contributed by atoms with van der Waals surface area (Å²) in [6.45, 7) is 6.16. The Bertz CT molecular complexity index is 1230. The molecule has 1 aromatic heterocycles. The van der Waals surface area contributed by atoms with Gasteiger partial charge in [-0.3, -0.25) is 14.4 Å². The Morgan fingerprint density at radius 3 is 2.28 bits per heavy atom. The van der Waals surface area contributed by atoms with Crippen LogP contribution in [0.15, 0.2) is 42.9 Å². The van der Waals surface area contributed by atoms with E-state index in [2.05, 4.69) is 39.8 Å². The Hall–Kier alpha value is -3.93. The van der Waals surface area contributed by atoms with Crippen molar-refractivity contribution in [2.24, 2.45) is 17.8 Å². The van der Waals surface area contributed by atoms with Crippen molar-refractivity contribution in [1.29, 1.82) is 0 Å². The molecule has 12 heteroatoms. The lowest BCUT2D eigenvalue weighted by Gasteiger charge is -2.34. The molecular weight excluding hydrogens is 602 g/mol. The highest BCUT2D eigenvalue weighted by Gasteiger charge is 2.33. The summed E-state index contributed by atoms with van der Waals surface area (Å²) in [5.74, 6) is -0.748. The van der Waals surface area contributed by atoms with Gasteiger partial charge in [0.05, 0.1) is 25.1 Å². The van der Waals surface area contributed by atoms with E-state index in [0.29, 0.717) is 37.3 Å². The Balaban J connectivity index is 1.79. The number of nitrogens with zero attached hydrogens (tertiary/aromatic N) is 1. The number of aliphatic hydroxyl groups is 1. The highest BCUT2D eigenvalue weighted by molar-refractivity contribution is 5.91. The number of aromatic amines is 1. The molecule has 0 bridgehead atoms. The third-order valence-electron chi connectivity index (χ3n) is 9.14. The van der Waals surface area contributed by atoms with Crippen LogP contribution in [0.1, 0.15) is 89.8 Å². The molecule has 260 valence electrons. The summed E-state index contributed by atoms with van der Waals surface area (Å²) < 4.78 is 5.32. The lowest BCUT2D eigenvalue weighted by molar-refractivity contribution is -0.143. The number of hydrogen-bond donors (Lipinski definition) is 6. The van der Waals surface area contributed by atoms with E-state index < -0.39 is 42.1 Å². The van der Waals surface area contributed by atoms with Gasteiger partial charge in [0.2, 0.25) is 11.8 Å². The summed E-state index contributed by atoms with van der Waals surface area (Å²) in [7, 11) is 0. The predicted octanol–water partition coefficient (Wildman–Crippen LogP) is 4.14. The maximum Gasteiger partial charge on any atom is 0.405 e. The summed E-state index contributed by atoms with van der Waals surface area (Å²) in [6, 6.07) is 6.27. The number of amides is 3. The first-order chi connectivity index (χ1) is 22.5. The molecule has 1 aliphatic carbocycles. The molecule has 5 atom stereocenters. The molecule has 2 aromatic rings. The van der Waals surface area contributed by atoms with Crippen molar-refractivity contribution in [1.82, 2.24) is 25.9 Å². The van der Waals surface area contributed by atoms with Gasteiger partial charge in [0.15, 0.2) is 0 Å². The van der Waals surface area contributed by atoms with Crippen molar-refractivity contribution < 1.29 is 34.1 Å². The number of rotatable bonds is 19. The first-order valence-electron chi connectivity index (χ1n) is 17.0. The summed E-state index contributed by atoms with van der Waals surface area (Å²) >= 11 is 0. The normalized spacial score (nSPS) is 16.8. The fraction of sp³-hybridized carbons (Fsp3) is 0.629. The summed E-state index contributed by atoms with van der Waals surface area (Å²) in [5, 5.41) is 29.2. The first kappa shape index (κ1) is 37.5. The molecule has 0 radical (unpaired) electrons. The van der Waals surface area contributed by atoms with Gasteiger partial charge < -0.3 is 35.9 Å². The SMILES string of the molecule is CCC(=O)OCC[C@@H](C[C@@H](O)[C@H](CC1CCCCC1)NC(=O)[C@H](Cc1cnc[nH]1)NC(=O)[C@H](Cc1ccccc1)NC(=O)O)C(C)C. The molecule has 47 heavy (non-hydrogen) atoms.